The fourth-order valence-corrected chi connectivity index (χ4v) is 9.27. The molecule has 348 valence electrons. The van der Waals surface area contributed by atoms with Gasteiger partial charge in [0.05, 0.1) is 0 Å². The molecule has 0 saturated carbocycles. The third-order valence-electron chi connectivity index (χ3n) is 13.4. The Morgan fingerprint density at radius 1 is 0.310 bits per heavy atom. The first-order chi connectivity index (χ1) is 28.7. The number of aliphatic hydroxyl groups is 1. The Labute approximate surface area is 365 Å². The van der Waals surface area contributed by atoms with E-state index in [1.165, 1.54) is 276 Å². The molecule has 58 heavy (non-hydrogen) atoms. The van der Waals surface area contributed by atoms with Gasteiger partial charge in [0.15, 0.2) is 6.10 Å². The molecule has 0 amide bonds. The highest BCUT2D eigenvalue weighted by Crippen LogP contribution is 2.24. The largest absolute Gasteiger partial charge is 0.381 e. The molecular weight excluding hydrogens is 713 g/mol. The van der Waals surface area contributed by atoms with Gasteiger partial charge in [-0.2, -0.15) is 5.26 Å². The number of carbonyl (C=O) groups is 1. The van der Waals surface area contributed by atoms with Gasteiger partial charge >= 0.3 is 5.97 Å². The normalized spacial score (nSPS) is 12.7. The summed E-state index contributed by atoms with van der Waals surface area (Å²) in [6.07, 6.45) is 65.6. The van der Waals surface area contributed by atoms with Gasteiger partial charge in [-0.1, -0.05) is 316 Å². The van der Waals surface area contributed by atoms with Crippen LogP contribution in [0, 0.1) is 5.92 Å². The molecule has 0 fully saturated rings. The third-order valence-corrected chi connectivity index (χ3v) is 13.4. The molecule has 0 aromatic rings. The number of hydrogen-bond donors (Lipinski definition) is 2. The molecule has 0 radical (unpaired) electrons. The minimum Gasteiger partial charge on any atom is -0.381 e. The Morgan fingerprint density at radius 2 is 0.466 bits per heavy atom. The van der Waals surface area contributed by atoms with Gasteiger partial charge in [0, 0.05) is 0 Å². The minimum absolute atomic E-state index is 0.102. The fourth-order valence-electron chi connectivity index (χ4n) is 9.27. The highest BCUT2D eigenvalue weighted by Gasteiger charge is 2.27. The molecule has 0 bridgehead atoms. The van der Waals surface area contributed by atoms with E-state index in [1.54, 1.807) is 0 Å². The van der Waals surface area contributed by atoms with Crippen LogP contribution < -0.4 is 0 Å². The molecule has 0 aromatic carbocycles. The average molecular weight is 821 g/mol. The predicted octanol–water partition coefficient (Wildman–Crippen LogP) is 19.1. The Hall–Kier alpha value is -0.610. The molecule has 2 N–H and O–H groups in total. The Kier molecular flexibility index (Phi) is 50.2. The van der Waals surface area contributed by atoms with E-state index in [1.807, 2.05) is 0 Å². The van der Waals surface area contributed by atoms with Gasteiger partial charge in [-0.15, -0.1) is 0 Å². The van der Waals surface area contributed by atoms with Gasteiger partial charge < -0.3 is 5.11 Å². The summed E-state index contributed by atoms with van der Waals surface area (Å²) in [5.41, 5.74) is 0. The zero-order chi connectivity index (χ0) is 42.1. The molecular formula is C54H108O4. The van der Waals surface area contributed by atoms with Crippen LogP contribution in [-0.2, 0) is 9.68 Å². The van der Waals surface area contributed by atoms with E-state index in [0.29, 0.717) is 0 Å². The summed E-state index contributed by atoms with van der Waals surface area (Å²) >= 11 is 0. The lowest BCUT2D eigenvalue weighted by atomic mass is 9.89. The summed E-state index contributed by atoms with van der Waals surface area (Å²) < 4.78 is 0. The second-order valence-electron chi connectivity index (χ2n) is 19.1. The monoisotopic (exact) mass is 821 g/mol. The van der Waals surface area contributed by atoms with Gasteiger partial charge in [0.25, 0.3) is 0 Å². The summed E-state index contributed by atoms with van der Waals surface area (Å²) in [6, 6.07) is 0. The Morgan fingerprint density at radius 3 is 0.621 bits per heavy atom. The van der Waals surface area contributed by atoms with Gasteiger partial charge in [0.2, 0.25) is 0 Å². The van der Waals surface area contributed by atoms with E-state index >= 15 is 0 Å². The summed E-state index contributed by atoms with van der Waals surface area (Å²) in [5, 5.41) is 19.3. The van der Waals surface area contributed by atoms with E-state index in [2.05, 4.69) is 18.7 Å². The van der Waals surface area contributed by atoms with Crippen LogP contribution >= 0.6 is 0 Å². The van der Waals surface area contributed by atoms with Gasteiger partial charge in [-0.25, -0.2) is 4.79 Å². The molecule has 2 unspecified atom stereocenters. The second-order valence-corrected chi connectivity index (χ2v) is 19.1. The SMILES string of the molecule is CCCCCCCCCCCCCCCCCCCCCCCCCCCCCCCCCC(CCCCCCCCCCCCCCCCCC)C(O)C(=O)OO. The zero-order valence-electron chi connectivity index (χ0n) is 40.0. The van der Waals surface area contributed by atoms with Crippen LogP contribution in [0.1, 0.15) is 328 Å². The van der Waals surface area contributed by atoms with Gasteiger partial charge in [0.1, 0.15) is 0 Å². The first-order valence-electron chi connectivity index (χ1n) is 27.2. The molecule has 4 heteroatoms. The molecule has 4 nitrogen and oxygen atoms in total. The Balaban J connectivity index is 3.50. The van der Waals surface area contributed by atoms with E-state index in [9.17, 15) is 9.90 Å². The lowest BCUT2D eigenvalue weighted by Gasteiger charge is -2.20. The van der Waals surface area contributed by atoms with Crippen LogP contribution in [0.15, 0.2) is 0 Å². The van der Waals surface area contributed by atoms with Crippen LogP contribution in [0.5, 0.6) is 0 Å². The molecule has 0 rings (SSSR count). The summed E-state index contributed by atoms with van der Waals surface area (Å²) in [7, 11) is 0. The van der Waals surface area contributed by atoms with Gasteiger partial charge in [-0.05, 0) is 18.8 Å². The van der Waals surface area contributed by atoms with Crippen LogP contribution in [0.3, 0.4) is 0 Å². The molecule has 0 aliphatic heterocycles. The summed E-state index contributed by atoms with van der Waals surface area (Å²) in [5.74, 6) is -0.989. The van der Waals surface area contributed by atoms with Crippen LogP contribution in [0.4, 0.5) is 0 Å². The zero-order valence-corrected chi connectivity index (χ0v) is 40.0. The average Bonchev–Trinajstić information content (AvgIpc) is 3.24. The number of hydrogen-bond acceptors (Lipinski definition) is 4. The minimum atomic E-state index is -1.20. The number of aliphatic hydroxyl groups excluding tert-OH is 1. The van der Waals surface area contributed by atoms with Crippen molar-refractivity contribution in [2.45, 2.75) is 335 Å². The van der Waals surface area contributed by atoms with Crippen molar-refractivity contribution in [1.29, 1.82) is 0 Å². The summed E-state index contributed by atoms with van der Waals surface area (Å²) in [6.45, 7) is 4.59. The topological polar surface area (TPSA) is 66.8 Å². The van der Waals surface area contributed by atoms with Crippen molar-refractivity contribution in [3.05, 3.63) is 0 Å². The van der Waals surface area contributed by atoms with Crippen molar-refractivity contribution < 1.29 is 20.0 Å². The molecule has 0 saturated heterocycles. The van der Waals surface area contributed by atoms with Crippen molar-refractivity contribution in [1.82, 2.24) is 0 Å². The molecule has 0 aromatic heterocycles. The quantitative estimate of drug-likeness (QED) is 0.0364. The van der Waals surface area contributed by atoms with Crippen molar-refractivity contribution in [3.8, 4) is 0 Å². The smallest absolute Gasteiger partial charge is 0.370 e. The van der Waals surface area contributed by atoms with E-state index in [-0.39, 0.29) is 5.92 Å². The number of carbonyl (C=O) groups excluding carboxylic acids is 1. The maximum Gasteiger partial charge on any atom is 0.370 e. The first-order valence-corrected chi connectivity index (χ1v) is 27.2. The maximum atomic E-state index is 11.9. The maximum absolute atomic E-state index is 11.9. The van der Waals surface area contributed by atoms with Crippen molar-refractivity contribution >= 4 is 5.97 Å². The van der Waals surface area contributed by atoms with Gasteiger partial charge in [-0.3, -0.25) is 4.89 Å². The van der Waals surface area contributed by atoms with Crippen molar-refractivity contribution in [3.63, 3.8) is 0 Å². The lowest BCUT2D eigenvalue weighted by molar-refractivity contribution is -0.245. The first kappa shape index (κ1) is 57.4. The molecule has 2 atom stereocenters. The highest BCUT2D eigenvalue weighted by atomic mass is 17.1. The highest BCUT2D eigenvalue weighted by molar-refractivity contribution is 5.73. The van der Waals surface area contributed by atoms with Crippen LogP contribution in [-0.4, -0.2) is 22.4 Å². The molecule has 0 aliphatic rings. The number of unbranched alkanes of at least 4 members (excludes halogenated alkanes) is 45. The van der Waals surface area contributed by atoms with Crippen LogP contribution in [0.2, 0.25) is 0 Å². The van der Waals surface area contributed by atoms with E-state index in [0.717, 1.165) is 38.5 Å². The molecule has 0 aliphatic carbocycles. The Bertz CT molecular complexity index is 755. The lowest BCUT2D eigenvalue weighted by Crippen LogP contribution is -2.30. The fraction of sp³-hybridized carbons (Fsp3) is 0.981. The molecule has 0 heterocycles. The second kappa shape index (κ2) is 50.7. The van der Waals surface area contributed by atoms with E-state index in [4.69, 9.17) is 5.26 Å². The summed E-state index contributed by atoms with van der Waals surface area (Å²) in [4.78, 5) is 15.8. The molecule has 0 spiro atoms. The number of rotatable bonds is 51. The van der Waals surface area contributed by atoms with Crippen molar-refractivity contribution in [2.75, 3.05) is 0 Å². The predicted molar refractivity (Wildman–Crippen MR) is 256 cm³/mol. The van der Waals surface area contributed by atoms with E-state index < -0.39 is 12.1 Å². The third kappa shape index (κ3) is 44.9. The van der Waals surface area contributed by atoms with Crippen LogP contribution in [0.25, 0.3) is 0 Å². The standard InChI is InChI=1S/C54H108O4/c1-3-5-7-9-11-13-15-17-19-21-22-23-24-25-26-27-28-29-30-31-32-33-34-35-37-39-41-43-45-47-49-51-52(53(55)54(56)58-57)50-48-46-44-42-40-38-36-20-18-16-14-12-10-8-6-4-2/h52-53,55,57H,3-51H2,1-2H3. The van der Waals surface area contributed by atoms with Crippen molar-refractivity contribution in [2.24, 2.45) is 5.92 Å².